The van der Waals surface area contributed by atoms with E-state index in [9.17, 15) is 4.79 Å². The zero-order chi connectivity index (χ0) is 15.4. The van der Waals surface area contributed by atoms with E-state index in [0.29, 0.717) is 22.8 Å². The molecule has 5 nitrogen and oxygen atoms in total. The second-order valence-corrected chi connectivity index (χ2v) is 5.96. The van der Waals surface area contributed by atoms with E-state index in [0.717, 1.165) is 8.95 Å². The fraction of sp³-hybridized carbons (Fsp3) is 0.143. The molecule has 21 heavy (non-hydrogen) atoms. The Balaban J connectivity index is 2.30. The lowest BCUT2D eigenvalue weighted by molar-refractivity contribution is 0.102. The predicted molar refractivity (Wildman–Crippen MR) is 90.1 cm³/mol. The Morgan fingerprint density at radius 2 is 1.95 bits per heavy atom. The summed E-state index contributed by atoms with van der Waals surface area (Å²) in [5.74, 6) is 0.909. The number of hydrogen-bond donors (Lipinski definition) is 2. The highest BCUT2D eigenvalue weighted by Gasteiger charge is 2.13. The fourth-order valence-corrected chi connectivity index (χ4v) is 2.57. The number of amides is 1. The number of carbonyl (C=O) groups is 1. The lowest BCUT2D eigenvalue weighted by Crippen LogP contribution is -2.15. The normalized spacial score (nSPS) is 10.1. The quantitative estimate of drug-likeness (QED) is 0.796. The summed E-state index contributed by atoms with van der Waals surface area (Å²) < 4.78 is 6.73. The van der Waals surface area contributed by atoms with E-state index in [1.807, 2.05) is 6.07 Å². The Morgan fingerprint density at radius 3 is 2.62 bits per heavy atom. The number of benzene rings is 1. The summed E-state index contributed by atoms with van der Waals surface area (Å²) >= 11 is 6.69. The Hall–Kier alpha value is -1.60. The molecule has 0 saturated carbocycles. The van der Waals surface area contributed by atoms with Crippen molar-refractivity contribution in [3.05, 3.63) is 45.0 Å². The van der Waals surface area contributed by atoms with Gasteiger partial charge in [0, 0.05) is 33.9 Å². The monoisotopic (exact) mass is 413 g/mol. The lowest BCUT2D eigenvalue weighted by atomic mass is 10.2. The van der Waals surface area contributed by atoms with E-state index < -0.39 is 0 Å². The summed E-state index contributed by atoms with van der Waals surface area (Å²) in [6.07, 6.45) is 1.63. The summed E-state index contributed by atoms with van der Waals surface area (Å²) in [5.41, 5.74) is 1.08. The SMILES string of the molecule is CNc1ncc(Br)cc1C(=O)Nc1cc(Br)cc(OC)c1. The molecule has 0 bridgehead atoms. The highest BCUT2D eigenvalue weighted by molar-refractivity contribution is 9.10. The highest BCUT2D eigenvalue weighted by atomic mass is 79.9. The summed E-state index contributed by atoms with van der Waals surface area (Å²) in [6.45, 7) is 0. The van der Waals surface area contributed by atoms with Crippen LogP contribution in [-0.4, -0.2) is 25.0 Å². The molecule has 0 spiro atoms. The average Bonchev–Trinajstić information content (AvgIpc) is 2.46. The summed E-state index contributed by atoms with van der Waals surface area (Å²) in [7, 11) is 3.29. The summed E-state index contributed by atoms with van der Waals surface area (Å²) in [6, 6.07) is 7.07. The number of hydrogen-bond acceptors (Lipinski definition) is 4. The first-order valence-electron chi connectivity index (χ1n) is 6.02. The Bertz CT molecular complexity index is 677. The van der Waals surface area contributed by atoms with Crippen molar-refractivity contribution in [1.82, 2.24) is 4.98 Å². The zero-order valence-electron chi connectivity index (χ0n) is 11.4. The maximum atomic E-state index is 12.4. The van der Waals surface area contributed by atoms with E-state index >= 15 is 0 Å². The molecule has 0 radical (unpaired) electrons. The number of ether oxygens (including phenoxy) is 1. The van der Waals surface area contributed by atoms with Gasteiger partial charge in [0.1, 0.15) is 11.6 Å². The molecule has 0 atom stereocenters. The van der Waals surface area contributed by atoms with Crippen LogP contribution >= 0.6 is 31.9 Å². The molecule has 0 saturated heterocycles. The fourth-order valence-electron chi connectivity index (χ4n) is 1.76. The number of methoxy groups -OCH3 is 1. The maximum Gasteiger partial charge on any atom is 0.259 e. The van der Waals surface area contributed by atoms with E-state index in [1.54, 1.807) is 38.6 Å². The van der Waals surface area contributed by atoms with Crippen LogP contribution in [0.1, 0.15) is 10.4 Å². The molecule has 2 rings (SSSR count). The van der Waals surface area contributed by atoms with Gasteiger partial charge in [-0.2, -0.15) is 0 Å². The molecular weight excluding hydrogens is 402 g/mol. The lowest BCUT2D eigenvalue weighted by Gasteiger charge is -2.11. The minimum atomic E-state index is -0.256. The number of pyridine rings is 1. The van der Waals surface area contributed by atoms with Crippen LogP contribution < -0.4 is 15.4 Å². The molecule has 1 aromatic heterocycles. The third kappa shape index (κ3) is 3.95. The Labute approximate surface area is 139 Å². The molecule has 7 heteroatoms. The van der Waals surface area contributed by atoms with Gasteiger partial charge in [-0.15, -0.1) is 0 Å². The number of rotatable bonds is 4. The van der Waals surface area contributed by atoms with Crippen LogP contribution in [0.5, 0.6) is 5.75 Å². The third-order valence-corrected chi connectivity index (χ3v) is 3.59. The molecule has 0 unspecified atom stereocenters. The number of anilines is 2. The molecule has 110 valence electrons. The number of nitrogens with one attached hydrogen (secondary N) is 2. The molecule has 2 aromatic rings. The first-order chi connectivity index (χ1) is 10.0. The van der Waals surface area contributed by atoms with Gasteiger partial charge >= 0.3 is 0 Å². The minimum absolute atomic E-state index is 0.256. The second kappa shape index (κ2) is 6.91. The maximum absolute atomic E-state index is 12.4. The van der Waals surface area contributed by atoms with Crippen molar-refractivity contribution in [2.45, 2.75) is 0 Å². The molecule has 1 amide bonds. The van der Waals surface area contributed by atoms with E-state index in [2.05, 4.69) is 47.5 Å². The van der Waals surface area contributed by atoms with Gasteiger partial charge in [0.05, 0.1) is 12.7 Å². The highest BCUT2D eigenvalue weighted by Crippen LogP contribution is 2.26. The number of carbonyl (C=O) groups excluding carboxylic acids is 1. The van der Waals surface area contributed by atoms with Crippen molar-refractivity contribution < 1.29 is 9.53 Å². The topological polar surface area (TPSA) is 63.2 Å². The van der Waals surface area contributed by atoms with Gasteiger partial charge in [0.15, 0.2) is 0 Å². The summed E-state index contributed by atoms with van der Waals surface area (Å²) in [5, 5.41) is 5.72. The molecule has 2 N–H and O–H groups in total. The number of aromatic nitrogens is 1. The van der Waals surface area contributed by atoms with Crippen LogP contribution in [0.3, 0.4) is 0 Å². The van der Waals surface area contributed by atoms with Gasteiger partial charge < -0.3 is 15.4 Å². The van der Waals surface area contributed by atoms with Gasteiger partial charge in [0.25, 0.3) is 5.91 Å². The van der Waals surface area contributed by atoms with Crippen molar-refractivity contribution in [3.8, 4) is 5.75 Å². The minimum Gasteiger partial charge on any atom is -0.497 e. The van der Waals surface area contributed by atoms with Crippen LogP contribution in [-0.2, 0) is 0 Å². The Kier molecular flexibility index (Phi) is 5.19. The summed E-state index contributed by atoms with van der Waals surface area (Å²) in [4.78, 5) is 16.5. The molecule has 0 aliphatic heterocycles. The van der Waals surface area contributed by atoms with Crippen LogP contribution in [0.15, 0.2) is 39.4 Å². The molecule has 0 aliphatic rings. The molecule has 1 heterocycles. The Morgan fingerprint density at radius 1 is 1.19 bits per heavy atom. The van der Waals surface area contributed by atoms with E-state index in [4.69, 9.17) is 4.74 Å². The van der Waals surface area contributed by atoms with Crippen molar-refractivity contribution in [2.24, 2.45) is 0 Å². The van der Waals surface area contributed by atoms with Gasteiger partial charge in [-0.3, -0.25) is 4.79 Å². The van der Waals surface area contributed by atoms with E-state index in [-0.39, 0.29) is 5.91 Å². The first-order valence-corrected chi connectivity index (χ1v) is 7.61. The molecular formula is C14H13Br2N3O2. The third-order valence-electron chi connectivity index (χ3n) is 2.70. The van der Waals surface area contributed by atoms with E-state index in [1.165, 1.54) is 0 Å². The van der Waals surface area contributed by atoms with Crippen LogP contribution in [0.25, 0.3) is 0 Å². The molecule has 0 fully saturated rings. The zero-order valence-corrected chi connectivity index (χ0v) is 14.6. The largest absolute Gasteiger partial charge is 0.497 e. The number of halogens is 2. The van der Waals surface area contributed by atoms with Gasteiger partial charge in [-0.25, -0.2) is 4.98 Å². The van der Waals surface area contributed by atoms with Crippen LogP contribution in [0.4, 0.5) is 11.5 Å². The van der Waals surface area contributed by atoms with Crippen molar-refractivity contribution in [1.29, 1.82) is 0 Å². The van der Waals surface area contributed by atoms with Crippen LogP contribution in [0.2, 0.25) is 0 Å². The average molecular weight is 415 g/mol. The van der Waals surface area contributed by atoms with Crippen LogP contribution in [0, 0.1) is 0 Å². The number of nitrogens with zero attached hydrogens (tertiary/aromatic N) is 1. The first kappa shape index (κ1) is 15.8. The van der Waals surface area contributed by atoms with Crippen molar-refractivity contribution in [3.63, 3.8) is 0 Å². The standard InChI is InChI=1S/C14H13Br2N3O2/c1-17-13-12(5-9(16)7-18-13)14(20)19-10-3-8(15)4-11(6-10)21-2/h3-7H,1-2H3,(H,17,18)(H,19,20). The second-order valence-electron chi connectivity index (χ2n) is 4.13. The van der Waals surface area contributed by atoms with Gasteiger partial charge in [-0.05, 0) is 34.1 Å². The molecule has 0 aliphatic carbocycles. The smallest absolute Gasteiger partial charge is 0.259 e. The van der Waals surface area contributed by atoms with Crippen molar-refractivity contribution >= 4 is 49.3 Å². The van der Waals surface area contributed by atoms with Gasteiger partial charge in [0.2, 0.25) is 0 Å². The van der Waals surface area contributed by atoms with Gasteiger partial charge in [-0.1, -0.05) is 15.9 Å². The molecule has 1 aromatic carbocycles. The van der Waals surface area contributed by atoms with Crippen molar-refractivity contribution in [2.75, 3.05) is 24.8 Å². The predicted octanol–water partition coefficient (Wildman–Crippen LogP) is 3.91.